The Labute approximate surface area is 78.2 Å². The first kappa shape index (κ1) is 11.5. The van der Waals surface area contributed by atoms with Crippen LogP contribution < -0.4 is 0 Å². The van der Waals surface area contributed by atoms with Gasteiger partial charge in [-0.2, -0.15) is 0 Å². The average Bonchev–Trinajstić information content (AvgIpc) is 1.99. The Morgan fingerprint density at radius 1 is 1.67 bits per heavy atom. The lowest BCUT2D eigenvalue weighted by Crippen LogP contribution is -2.32. The van der Waals surface area contributed by atoms with Gasteiger partial charge in [-0.1, -0.05) is 31.5 Å². The molecule has 0 saturated heterocycles. The summed E-state index contributed by atoms with van der Waals surface area (Å²) < 4.78 is 0. The van der Waals surface area contributed by atoms with E-state index in [1.165, 1.54) is 5.54 Å². The summed E-state index contributed by atoms with van der Waals surface area (Å²) in [5, 5.41) is 8.95. The maximum absolute atomic E-state index is 10.9. The van der Waals surface area contributed by atoms with Gasteiger partial charge in [0, 0.05) is 5.54 Å². The first-order chi connectivity index (χ1) is 5.45. The molecule has 0 aliphatic carbocycles. The van der Waals surface area contributed by atoms with Crippen LogP contribution in [0.4, 0.5) is 0 Å². The molecule has 0 radical (unpaired) electrons. The van der Waals surface area contributed by atoms with Gasteiger partial charge >= 0.3 is 5.97 Å². The first-order valence-corrected chi connectivity index (χ1v) is 4.37. The van der Waals surface area contributed by atoms with Gasteiger partial charge in [0.1, 0.15) is 0 Å². The van der Waals surface area contributed by atoms with Gasteiger partial charge in [0.05, 0.1) is 5.41 Å². The number of carboxylic acid groups (broad SMARTS) is 1. The van der Waals surface area contributed by atoms with E-state index in [2.05, 4.69) is 0 Å². The molecule has 0 aromatic rings. The van der Waals surface area contributed by atoms with Crippen LogP contribution in [-0.4, -0.2) is 11.1 Å². The van der Waals surface area contributed by atoms with E-state index in [1.54, 1.807) is 13.0 Å². The van der Waals surface area contributed by atoms with Gasteiger partial charge in [-0.15, -0.1) is 0 Å². The molecule has 0 saturated carbocycles. The van der Waals surface area contributed by atoms with Crippen LogP contribution in [0.3, 0.4) is 0 Å². The van der Waals surface area contributed by atoms with E-state index < -0.39 is 11.4 Å². The van der Waals surface area contributed by atoms with Crippen molar-refractivity contribution in [3.63, 3.8) is 0 Å². The molecule has 0 bridgehead atoms. The molecule has 0 fully saturated rings. The Hall–Kier alpha value is -0.500. The summed E-state index contributed by atoms with van der Waals surface area (Å²) >= 11 is 5.34. The highest BCUT2D eigenvalue weighted by atomic mass is 35.5. The van der Waals surface area contributed by atoms with Gasteiger partial charge in [0.15, 0.2) is 0 Å². The summed E-state index contributed by atoms with van der Waals surface area (Å²) in [5.41, 5.74) is 0.662. The van der Waals surface area contributed by atoms with Crippen LogP contribution in [0, 0.1) is 11.3 Å². The Kier molecular flexibility index (Phi) is 4.32. The lowest BCUT2D eigenvalue weighted by molar-refractivity contribution is -0.150. The number of carbonyl (C=O) groups is 1. The molecule has 0 aliphatic heterocycles. The zero-order chi connectivity index (χ0) is 9.78. The minimum absolute atomic E-state index is 0.0999. The Bertz CT molecular complexity index is 187. The van der Waals surface area contributed by atoms with Gasteiger partial charge in [-0.25, -0.2) is 0 Å². The van der Waals surface area contributed by atoms with E-state index in [4.69, 9.17) is 16.7 Å². The number of hydrogen-bond acceptors (Lipinski definition) is 1. The molecule has 0 aliphatic rings. The highest BCUT2D eigenvalue weighted by Crippen LogP contribution is 2.31. The fourth-order valence-electron chi connectivity index (χ4n) is 0.859. The van der Waals surface area contributed by atoms with Crippen LogP contribution >= 0.6 is 11.6 Å². The fraction of sp³-hybridized carbons (Fsp3) is 0.667. The highest BCUT2D eigenvalue weighted by Gasteiger charge is 2.35. The second kappa shape index (κ2) is 4.51. The van der Waals surface area contributed by atoms with Crippen molar-refractivity contribution in [3.05, 3.63) is 11.6 Å². The molecule has 1 atom stereocenters. The monoisotopic (exact) mass is 190 g/mol. The summed E-state index contributed by atoms with van der Waals surface area (Å²) in [6.07, 6.45) is 2.15. The SMILES string of the molecule is CC(C)C(C)(CC=CCl)C(=O)O. The third kappa shape index (κ3) is 2.52. The second-order valence-corrected chi connectivity index (χ2v) is 3.70. The number of aliphatic carboxylic acids is 1. The van der Waals surface area contributed by atoms with Gasteiger partial charge < -0.3 is 5.11 Å². The normalized spacial score (nSPS) is 16.8. The highest BCUT2D eigenvalue weighted by molar-refractivity contribution is 6.25. The van der Waals surface area contributed by atoms with E-state index >= 15 is 0 Å². The third-order valence-electron chi connectivity index (χ3n) is 2.39. The molecule has 1 N–H and O–H groups in total. The van der Waals surface area contributed by atoms with Crippen molar-refractivity contribution in [2.75, 3.05) is 0 Å². The molecule has 0 spiro atoms. The fourth-order valence-corrected chi connectivity index (χ4v) is 0.948. The van der Waals surface area contributed by atoms with Crippen LogP contribution in [-0.2, 0) is 4.79 Å². The number of hydrogen-bond donors (Lipinski definition) is 1. The van der Waals surface area contributed by atoms with Gasteiger partial charge in [-0.3, -0.25) is 4.79 Å². The third-order valence-corrected chi connectivity index (χ3v) is 2.57. The minimum atomic E-state index is -0.771. The topological polar surface area (TPSA) is 37.3 Å². The maximum Gasteiger partial charge on any atom is 0.309 e. The minimum Gasteiger partial charge on any atom is -0.481 e. The van der Waals surface area contributed by atoms with Crippen molar-refractivity contribution in [2.45, 2.75) is 27.2 Å². The van der Waals surface area contributed by atoms with Crippen LogP contribution in [0.5, 0.6) is 0 Å². The molecule has 70 valence electrons. The van der Waals surface area contributed by atoms with Crippen LogP contribution in [0.1, 0.15) is 27.2 Å². The van der Waals surface area contributed by atoms with E-state index in [9.17, 15) is 4.79 Å². The zero-order valence-corrected chi connectivity index (χ0v) is 8.43. The largest absolute Gasteiger partial charge is 0.481 e. The Morgan fingerprint density at radius 2 is 2.17 bits per heavy atom. The smallest absolute Gasteiger partial charge is 0.309 e. The van der Waals surface area contributed by atoms with Crippen molar-refractivity contribution in [1.29, 1.82) is 0 Å². The van der Waals surface area contributed by atoms with E-state index in [0.29, 0.717) is 6.42 Å². The molecular weight excluding hydrogens is 176 g/mol. The van der Waals surface area contributed by atoms with Gasteiger partial charge in [0.25, 0.3) is 0 Å². The molecule has 0 heterocycles. The molecule has 0 aromatic carbocycles. The van der Waals surface area contributed by atoms with Crippen molar-refractivity contribution in [3.8, 4) is 0 Å². The van der Waals surface area contributed by atoms with Crippen molar-refractivity contribution in [2.24, 2.45) is 11.3 Å². The molecule has 0 amide bonds. The molecule has 0 aromatic heterocycles. The summed E-state index contributed by atoms with van der Waals surface area (Å²) in [6.45, 7) is 5.53. The zero-order valence-electron chi connectivity index (χ0n) is 7.67. The number of carboxylic acids is 1. The molecule has 1 unspecified atom stereocenters. The van der Waals surface area contributed by atoms with Crippen LogP contribution in [0.25, 0.3) is 0 Å². The number of halogens is 1. The summed E-state index contributed by atoms with van der Waals surface area (Å²) in [4.78, 5) is 10.9. The first-order valence-electron chi connectivity index (χ1n) is 3.93. The van der Waals surface area contributed by atoms with Crippen molar-refractivity contribution < 1.29 is 9.90 Å². The average molecular weight is 191 g/mol. The van der Waals surface area contributed by atoms with E-state index in [1.807, 2.05) is 13.8 Å². The molecule has 2 nitrogen and oxygen atoms in total. The summed E-state index contributed by atoms with van der Waals surface area (Å²) in [7, 11) is 0. The van der Waals surface area contributed by atoms with Crippen molar-refractivity contribution >= 4 is 17.6 Å². The molecule has 0 rings (SSSR count). The lowest BCUT2D eigenvalue weighted by Gasteiger charge is -2.27. The lowest BCUT2D eigenvalue weighted by atomic mass is 9.76. The standard InChI is InChI=1S/C9H15ClO2/c1-7(2)9(3,8(11)12)5-4-6-10/h4,6-7H,5H2,1-3H3,(H,11,12). The van der Waals surface area contributed by atoms with Crippen LogP contribution in [0.15, 0.2) is 11.6 Å². The molecule has 3 heteroatoms. The predicted molar refractivity (Wildman–Crippen MR) is 50.2 cm³/mol. The van der Waals surface area contributed by atoms with Crippen molar-refractivity contribution in [1.82, 2.24) is 0 Å². The van der Waals surface area contributed by atoms with Crippen LogP contribution in [0.2, 0.25) is 0 Å². The maximum atomic E-state index is 10.9. The number of allylic oxidation sites excluding steroid dienone is 1. The van der Waals surface area contributed by atoms with E-state index in [0.717, 1.165) is 0 Å². The van der Waals surface area contributed by atoms with E-state index in [-0.39, 0.29) is 5.92 Å². The summed E-state index contributed by atoms with van der Waals surface area (Å²) in [6, 6.07) is 0. The molecular formula is C9H15ClO2. The predicted octanol–water partition coefficient (Wildman–Crippen LogP) is 2.88. The van der Waals surface area contributed by atoms with Gasteiger partial charge in [0.2, 0.25) is 0 Å². The van der Waals surface area contributed by atoms with Gasteiger partial charge in [-0.05, 0) is 19.3 Å². The Balaban J connectivity index is 4.51. The quantitative estimate of drug-likeness (QED) is 0.740. The Morgan fingerprint density at radius 3 is 2.42 bits per heavy atom. The summed E-state index contributed by atoms with van der Waals surface area (Å²) in [5.74, 6) is -0.671. The number of rotatable bonds is 4. The molecule has 12 heavy (non-hydrogen) atoms. The second-order valence-electron chi connectivity index (χ2n) is 3.44.